The maximum absolute atomic E-state index is 9.02. The number of allylic oxidation sites excluding steroid dienone is 4. The molecule has 1 aliphatic rings. The largest absolute Gasteiger partial charge is 0.333 e. The summed E-state index contributed by atoms with van der Waals surface area (Å²) in [6.45, 7) is 3.76. The van der Waals surface area contributed by atoms with E-state index in [0.29, 0.717) is 5.92 Å². The summed E-state index contributed by atoms with van der Waals surface area (Å²) in [7, 11) is 0. The van der Waals surface area contributed by atoms with E-state index in [1.54, 1.807) is 0 Å². The molecule has 3 heteroatoms. The molecular weight excluding hydrogens is 184 g/mol. The molecule has 0 fully saturated rings. The Morgan fingerprint density at radius 2 is 1.64 bits per heavy atom. The van der Waals surface area contributed by atoms with E-state index in [1.165, 1.54) is 9.57 Å². The Morgan fingerprint density at radius 1 is 1.18 bits per heavy atom. The van der Waals surface area contributed by atoms with E-state index >= 15 is 0 Å². The van der Waals surface area contributed by atoms with E-state index in [-0.39, 0.29) is 14.1 Å². The fraction of sp³-hybridized carbons (Fsp3) is 0.125. The molecule has 0 N–H and O–H groups in total. The second kappa shape index (κ2) is 7.27. The Kier molecular flexibility index (Phi) is 6.71. The number of rotatable bonds is 0. The third-order valence-electron chi connectivity index (χ3n) is 0.900. The molecule has 11 heavy (non-hydrogen) atoms. The molecule has 0 amide bonds. The van der Waals surface area contributed by atoms with Crippen molar-refractivity contribution in [3.8, 4) is 0 Å². The summed E-state index contributed by atoms with van der Waals surface area (Å²) in [6, 6.07) is 0. The molecule has 0 saturated carbocycles. The van der Waals surface area contributed by atoms with Crippen molar-refractivity contribution in [2.75, 3.05) is 0 Å². The summed E-state index contributed by atoms with van der Waals surface area (Å²) < 4.78 is 0. The zero-order valence-electron chi connectivity index (χ0n) is 5.76. The molecule has 2 nitrogen and oxygen atoms in total. The molecule has 0 aromatic carbocycles. The van der Waals surface area contributed by atoms with Crippen LogP contribution in [0.15, 0.2) is 24.3 Å². The molecule has 60 valence electrons. The molecule has 0 spiro atoms. The minimum atomic E-state index is -0.222. The van der Waals surface area contributed by atoms with Crippen LogP contribution in [0.3, 0.4) is 0 Å². The van der Waals surface area contributed by atoms with Crippen LogP contribution in [0.2, 0.25) is 0 Å². The van der Waals surface area contributed by atoms with Gasteiger partial charge in [0.25, 0.3) is 0 Å². The van der Waals surface area contributed by atoms with E-state index < -0.39 is 0 Å². The first-order chi connectivity index (χ1) is 5.31. The van der Waals surface area contributed by atoms with Crippen LogP contribution in [-0.4, -0.2) is 9.57 Å². The maximum Gasteiger partial charge on any atom is -0.0687 e. The van der Waals surface area contributed by atoms with Gasteiger partial charge in [-0.3, -0.25) is 0 Å². The van der Waals surface area contributed by atoms with Crippen molar-refractivity contribution in [1.29, 1.82) is 0 Å². The molecule has 0 heterocycles. The summed E-state index contributed by atoms with van der Waals surface area (Å²) >= 11 is -0.222. The van der Waals surface area contributed by atoms with Crippen molar-refractivity contribution in [1.82, 2.24) is 0 Å². The Hall–Kier alpha value is -0.841. The van der Waals surface area contributed by atoms with Gasteiger partial charge in [-0.05, 0) is 0 Å². The normalized spacial score (nSPS) is 13.2. The quantitative estimate of drug-likeness (QED) is 0.418. The molecule has 0 atom stereocenters. The zero-order valence-corrected chi connectivity index (χ0v) is 6.87. The summed E-state index contributed by atoms with van der Waals surface area (Å²) in [5.41, 5.74) is 0. The van der Waals surface area contributed by atoms with Crippen LogP contribution >= 0.6 is 0 Å². The molecule has 0 aromatic rings. The van der Waals surface area contributed by atoms with Gasteiger partial charge in [0.2, 0.25) is 0 Å². The van der Waals surface area contributed by atoms with Crippen LogP contribution < -0.4 is 0 Å². The Labute approximate surface area is 70.8 Å². The monoisotopic (exact) mass is 191 g/mol. The number of hydrogen-bond acceptors (Lipinski definition) is 2. The van der Waals surface area contributed by atoms with Crippen molar-refractivity contribution in [2.45, 2.75) is 0 Å². The number of hydrogen-bond donors (Lipinski definition) is 0. The van der Waals surface area contributed by atoms with E-state index in [4.69, 9.17) is 9.59 Å². The molecule has 0 saturated heterocycles. The Balaban J connectivity index is 0.000000187. The minimum absolute atomic E-state index is 0.222. The van der Waals surface area contributed by atoms with Crippen molar-refractivity contribution in [3.63, 3.8) is 0 Å². The summed E-state index contributed by atoms with van der Waals surface area (Å²) in [5, 5.41) is 0. The van der Waals surface area contributed by atoms with Crippen LogP contribution in [0, 0.1) is 12.8 Å². The van der Waals surface area contributed by atoms with Crippen molar-refractivity contribution in [2.24, 2.45) is 5.92 Å². The van der Waals surface area contributed by atoms with Crippen molar-refractivity contribution >= 4 is 9.57 Å². The fourth-order valence-electron chi connectivity index (χ4n) is 0.493. The molecule has 0 bridgehead atoms. The Morgan fingerprint density at radius 3 is 1.73 bits per heavy atom. The molecule has 0 unspecified atom stereocenters. The molecule has 0 radical (unpaired) electrons. The molecule has 1 rings (SSSR count). The van der Waals surface area contributed by atoms with Gasteiger partial charge in [-0.25, -0.2) is 0 Å². The fourth-order valence-corrected chi connectivity index (χ4v) is 0.539. The van der Waals surface area contributed by atoms with Gasteiger partial charge < -0.3 is 6.92 Å². The molecule has 1 aliphatic carbocycles. The average molecular weight is 191 g/mol. The summed E-state index contributed by atoms with van der Waals surface area (Å²) in [5.74, 6) is 0.435. The first-order valence-corrected chi connectivity index (χ1v) is 3.94. The van der Waals surface area contributed by atoms with Crippen LogP contribution in [0.4, 0.5) is 0 Å². The summed E-state index contributed by atoms with van der Waals surface area (Å²) in [4.78, 5) is 20.7. The van der Waals surface area contributed by atoms with Crippen LogP contribution in [-0.2, 0) is 23.7 Å². The second-order valence-corrected chi connectivity index (χ2v) is 2.39. The van der Waals surface area contributed by atoms with Gasteiger partial charge in [-0.15, -0.1) is 18.1 Å². The average Bonchev–Trinajstić information content (AvgIpc) is 2.43. The first-order valence-electron chi connectivity index (χ1n) is 2.84. The minimum Gasteiger partial charge on any atom is -0.333 e. The standard InChI is InChI=1S/C6H7.2CO.Fe/c1-6-4-2-3-5-6;2*1-2;/h2-6H,1H2;;;/q-1;;;. The van der Waals surface area contributed by atoms with E-state index in [2.05, 4.69) is 19.1 Å². The summed E-state index contributed by atoms with van der Waals surface area (Å²) in [6.07, 6.45) is 8.13. The van der Waals surface area contributed by atoms with Gasteiger partial charge in [0, 0.05) is 0 Å². The van der Waals surface area contributed by atoms with Crippen LogP contribution in [0.1, 0.15) is 0 Å². The van der Waals surface area contributed by atoms with E-state index in [1.807, 2.05) is 12.2 Å². The van der Waals surface area contributed by atoms with Gasteiger partial charge in [0.15, 0.2) is 0 Å². The topological polar surface area (TPSA) is 34.1 Å². The second-order valence-electron chi connectivity index (χ2n) is 1.67. The molecule has 0 aliphatic heterocycles. The van der Waals surface area contributed by atoms with Gasteiger partial charge in [-0.2, -0.15) is 0 Å². The van der Waals surface area contributed by atoms with E-state index in [9.17, 15) is 0 Å². The molecular formula is C8H7FeO2-. The SMILES string of the molecule is O=[C]=[Fe]=[C]=O.[CH2-]C1C=CC=C1. The van der Waals surface area contributed by atoms with Gasteiger partial charge in [0.1, 0.15) is 0 Å². The van der Waals surface area contributed by atoms with Crippen molar-refractivity contribution < 1.29 is 23.7 Å². The third-order valence-corrected chi connectivity index (χ3v) is 1.13. The smallest absolute Gasteiger partial charge is 0.0687 e. The van der Waals surface area contributed by atoms with Crippen LogP contribution in [0.25, 0.3) is 0 Å². The Bertz CT molecular complexity index is 238. The van der Waals surface area contributed by atoms with Gasteiger partial charge in [-0.1, -0.05) is 12.2 Å². The predicted molar refractivity (Wildman–Crippen MR) is 38.5 cm³/mol. The van der Waals surface area contributed by atoms with Gasteiger partial charge >= 0.3 is 33.2 Å². The predicted octanol–water partition coefficient (Wildman–Crippen LogP) is 0.766. The maximum atomic E-state index is 9.02. The van der Waals surface area contributed by atoms with Crippen LogP contribution in [0.5, 0.6) is 0 Å². The first kappa shape index (κ1) is 10.2. The van der Waals surface area contributed by atoms with Gasteiger partial charge in [0.05, 0.1) is 0 Å². The molecule has 0 aromatic heterocycles. The van der Waals surface area contributed by atoms with Crippen molar-refractivity contribution in [3.05, 3.63) is 31.2 Å². The van der Waals surface area contributed by atoms with E-state index in [0.717, 1.165) is 0 Å². The zero-order chi connectivity index (χ0) is 8.53. The third kappa shape index (κ3) is 7.05. The number of carbonyl (C=O) groups excluding carboxylic acids is 2.